The van der Waals surface area contributed by atoms with Gasteiger partial charge in [0.05, 0.1) is 11.1 Å². The molecule has 1 aromatic heterocycles. The highest BCUT2D eigenvalue weighted by molar-refractivity contribution is 5.77. The van der Waals surface area contributed by atoms with Crippen molar-refractivity contribution in [2.24, 2.45) is 7.05 Å². The highest BCUT2D eigenvalue weighted by atomic mass is 19.4. The van der Waals surface area contributed by atoms with Gasteiger partial charge in [-0.15, -0.1) is 0 Å². The largest absolute Gasteiger partial charge is 0.505 e. The Bertz CT molecular complexity index is 1080. The molecule has 1 heterocycles. The summed E-state index contributed by atoms with van der Waals surface area (Å²) in [6.45, 7) is 3.52. The third-order valence-electron chi connectivity index (χ3n) is 4.69. The van der Waals surface area contributed by atoms with Gasteiger partial charge in [0.1, 0.15) is 5.69 Å². The third-order valence-corrected chi connectivity index (χ3v) is 4.69. The lowest BCUT2D eigenvalue weighted by atomic mass is 9.93. The minimum absolute atomic E-state index is 0.167. The highest BCUT2D eigenvalue weighted by Crippen LogP contribution is 2.34. The van der Waals surface area contributed by atoms with Crippen molar-refractivity contribution < 1.29 is 18.3 Å². The normalized spacial score (nSPS) is 11.6. The minimum atomic E-state index is -4.38. The molecular formula is C21H19F3N2O2. The maximum Gasteiger partial charge on any atom is 0.416 e. The molecule has 0 aliphatic rings. The van der Waals surface area contributed by atoms with Gasteiger partial charge in [-0.25, -0.2) is 4.68 Å². The van der Waals surface area contributed by atoms with Gasteiger partial charge in [0.2, 0.25) is 0 Å². The van der Waals surface area contributed by atoms with E-state index in [0.717, 1.165) is 23.3 Å². The Hall–Kier alpha value is -3.09. The molecule has 0 amide bonds. The number of hydrogen-bond donors (Lipinski definition) is 1. The van der Waals surface area contributed by atoms with Crippen molar-refractivity contribution in [2.45, 2.75) is 26.4 Å². The fourth-order valence-corrected chi connectivity index (χ4v) is 3.17. The summed E-state index contributed by atoms with van der Waals surface area (Å²) in [6.07, 6.45) is -3.80. The second kappa shape index (κ2) is 7.14. The molecule has 146 valence electrons. The number of alkyl halides is 3. The van der Waals surface area contributed by atoms with E-state index in [1.165, 1.54) is 23.9 Å². The monoisotopic (exact) mass is 388 g/mol. The summed E-state index contributed by atoms with van der Waals surface area (Å²) in [7, 11) is 1.51. The molecule has 0 bridgehead atoms. The third kappa shape index (κ3) is 3.52. The van der Waals surface area contributed by atoms with Gasteiger partial charge in [0.15, 0.2) is 5.75 Å². The van der Waals surface area contributed by atoms with Crippen molar-refractivity contribution in [1.82, 2.24) is 9.78 Å². The van der Waals surface area contributed by atoms with Crippen molar-refractivity contribution in [1.29, 1.82) is 0 Å². The molecule has 4 nitrogen and oxygen atoms in total. The van der Waals surface area contributed by atoms with Gasteiger partial charge in [-0.1, -0.05) is 37.3 Å². The molecule has 0 aliphatic carbocycles. The van der Waals surface area contributed by atoms with E-state index in [1.54, 1.807) is 19.1 Å². The van der Waals surface area contributed by atoms with E-state index in [4.69, 9.17) is 0 Å². The van der Waals surface area contributed by atoms with E-state index >= 15 is 0 Å². The maximum absolute atomic E-state index is 12.8. The zero-order valence-electron chi connectivity index (χ0n) is 15.6. The number of aryl methyl sites for hydroxylation is 3. The molecule has 3 rings (SSSR count). The van der Waals surface area contributed by atoms with Crippen LogP contribution >= 0.6 is 0 Å². The Balaban J connectivity index is 2.11. The average Bonchev–Trinajstić information content (AvgIpc) is 2.66. The summed E-state index contributed by atoms with van der Waals surface area (Å²) in [5, 5.41) is 14.4. The molecule has 0 atom stereocenters. The average molecular weight is 388 g/mol. The van der Waals surface area contributed by atoms with Crippen LogP contribution in [0.2, 0.25) is 0 Å². The molecule has 0 spiro atoms. The van der Waals surface area contributed by atoms with Gasteiger partial charge in [-0.2, -0.15) is 18.3 Å². The fraction of sp³-hybridized carbons (Fsp3) is 0.238. The van der Waals surface area contributed by atoms with Crippen molar-refractivity contribution in [3.05, 3.63) is 69.6 Å². The molecule has 0 unspecified atom stereocenters. The van der Waals surface area contributed by atoms with Crippen LogP contribution in [-0.2, 0) is 19.6 Å². The zero-order chi connectivity index (χ0) is 20.6. The van der Waals surface area contributed by atoms with Crippen LogP contribution in [0.3, 0.4) is 0 Å². The summed E-state index contributed by atoms with van der Waals surface area (Å²) in [6, 6.07) is 10.2. The Morgan fingerprint density at radius 2 is 1.68 bits per heavy atom. The molecule has 2 aromatic carbocycles. The Labute approximate surface area is 159 Å². The summed E-state index contributed by atoms with van der Waals surface area (Å²) >= 11 is 0. The number of rotatable bonds is 3. The first-order chi connectivity index (χ1) is 13.1. The maximum atomic E-state index is 12.8. The van der Waals surface area contributed by atoms with Crippen LogP contribution in [0.25, 0.3) is 22.3 Å². The number of hydrogen-bond acceptors (Lipinski definition) is 3. The number of aromatic hydroxyl groups is 1. The number of aromatic nitrogens is 2. The number of nitrogens with zero attached hydrogens (tertiary/aromatic N) is 2. The van der Waals surface area contributed by atoms with E-state index in [1.807, 2.05) is 13.0 Å². The molecule has 1 N–H and O–H groups in total. The summed E-state index contributed by atoms with van der Waals surface area (Å²) < 4.78 is 39.5. The fourth-order valence-electron chi connectivity index (χ4n) is 3.17. The molecule has 7 heteroatoms. The van der Waals surface area contributed by atoms with Gasteiger partial charge < -0.3 is 5.11 Å². The lowest BCUT2D eigenvalue weighted by Gasteiger charge is -2.14. The molecule has 0 saturated heterocycles. The van der Waals surface area contributed by atoms with Crippen molar-refractivity contribution in [3.8, 4) is 28.0 Å². The molecule has 3 aromatic rings. The Morgan fingerprint density at radius 3 is 2.25 bits per heavy atom. The molecule has 0 saturated carbocycles. The van der Waals surface area contributed by atoms with Crippen LogP contribution in [0.4, 0.5) is 13.2 Å². The number of benzene rings is 2. The smallest absolute Gasteiger partial charge is 0.416 e. The predicted octanol–water partition coefficient (Wildman–Crippen LogP) is 4.71. The van der Waals surface area contributed by atoms with E-state index in [9.17, 15) is 23.1 Å². The first-order valence-corrected chi connectivity index (χ1v) is 8.71. The Morgan fingerprint density at radius 1 is 1.07 bits per heavy atom. The van der Waals surface area contributed by atoms with E-state index in [-0.39, 0.29) is 11.3 Å². The van der Waals surface area contributed by atoms with Gasteiger partial charge in [0.25, 0.3) is 5.56 Å². The predicted molar refractivity (Wildman–Crippen MR) is 101 cm³/mol. The lowest BCUT2D eigenvalue weighted by molar-refractivity contribution is -0.137. The minimum Gasteiger partial charge on any atom is -0.505 e. The Kier molecular flexibility index (Phi) is 5.02. The molecule has 28 heavy (non-hydrogen) atoms. The summed E-state index contributed by atoms with van der Waals surface area (Å²) in [5.74, 6) is -0.167. The molecule has 0 aliphatic heterocycles. The van der Waals surface area contributed by atoms with Crippen LogP contribution in [0, 0.1) is 6.92 Å². The second-order valence-electron chi connectivity index (χ2n) is 6.54. The van der Waals surface area contributed by atoms with Crippen LogP contribution in [0.5, 0.6) is 5.75 Å². The summed E-state index contributed by atoms with van der Waals surface area (Å²) in [4.78, 5) is 12.5. The zero-order valence-corrected chi connectivity index (χ0v) is 15.6. The number of halogens is 3. The second-order valence-corrected chi connectivity index (χ2v) is 6.54. The van der Waals surface area contributed by atoms with E-state index in [0.29, 0.717) is 23.2 Å². The molecular weight excluding hydrogens is 369 g/mol. The van der Waals surface area contributed by atoms with Gasteiger partial charge in [-0.05, 0) is 47.7 Å². The van der Waals surface area contributed by atoms with Crippen molar-refractivity contribution in [2.75, 3.05) is 0 Å². The topological polar surface area (TPSA) is 55.1 Å². The standard InChI is InChI=1S/C21H19F3N2O2/c1-4-13-11-15(14-5-8-16(9-6-14)21(22,23)24)7-10-17(13)18-19(27)12(2)25-26(3)20(18)28/h5-11,27H,4H2,1-3H3. The first kappa shape index (κ1) is 19.7. The van der Waals surface area contributed by atoms with Gasteiger partial charge in [0, 0.05) is 7.05 Å². The van der Waals surface area contributed by atoms with Crippen LogP contribution in [0.15, 0.2) is 47.3 Å². The van der Waals surface area contributed by atoms with Crippen molar-refractivity contribution in [3.63, 3.8) is 0 Å². The van der Waals surface area contributed by atoms with Crippen LogP contribution < -0.4 is 5.56 Å². The van der Waals surface area contributed by atoms with Crippen molar-refractivity contribution >= 4 is 0 Å². The van der Waals surface area contributed by atoms with E-state index in [2.05, 4.69) is 5.10 Å². The first-order valence-electron chi connectivity index (χ1n) is 8.71. The highest BCUT2D eigenvalue weighted by Gasteiger charge is 2.30. The van der Waals surface area contributed by atoms with Crippen LogP contribution in [-0.4, -0.2) is 14.9 Å². The lowest BCUT2D eigenvalue weighted by Crippen LogP contribution is -2.22. The van der Waals surface area contributed by atoms with Gasteiger partial charge in [-0.3, -0.25) is 4.79 Å². The van der Waals surface area contributed by atoms with E-state index < -0.39 is 17.3 Å². The SMILES string of the molecule is CCc1cc(-c2ccc(C(F)(F)F)cc2)ccc1-c1c(O)c(C)nn(C)c1=O. The summed E-state index contributed by atoms with van der Waals surface area (Å²) in [5.41, 5.74) is 2.15. The molecule has 0 radical (unpaired) electrons. The van der Waals surface area contributed by atoms with Crippen LogP contribution in [0.1, 0.15) is 23.7 Å². The molecule has 0 fully saturated rings. The van der Waals surface area contributed by atoms with Gasteiger partial charge >= 0.3 is 6.18 Å². The quantitative estimate of drug-likeness (QED) is 0.707.